The molecule has 0 aliphatic rings. The Morgan fingerprint density at radius 3 is 2.71 bits per heavy atom. The molecule has 4 heteroatoms. The van der Waals surface area contributed by atoms with Crippen molar-refractivity contribution in [2.45, 2.75) is 20.3 Å². The Hall–Kier alpha value is -1.13. The third kappa shape index (κ3) is 2.58. The molecule has 0 saturated heterocycles. The maximum atomic E-state index is 5.53. The van der Waals surface area contributed by atoms with Gasteiger partial charge in [-0.25, -0.2) is 4.98 Å². The molecule has 1 aromatic heterocycles. The van der Waals surface area contributed by atoms with E-state index < -0.39 is 0 Å². The molecule has 0 bridgehead atoms. The van der Waals surface area contributed by atoms with Crippen LogP contribution < -0.4 is 5.73 Å². The number of nitrogens with one attached hydrogen (secondary N) is 1. The van der Waals surface area contributed by atoms with Crippen molar-refractivity contribution in [3.05, 3.63) is 39.8 Å². The zero-order valence-electron chi connectivity index (χ0n) is 10.0. The summed E-state index contributed by atoms with van der Waals surface area (Å²) in [5.41, 5.74) is 10.2. The van der Waals surface area contributed by atoms with Crippen LogP contribution in [0.1, 0.15) is 17.0 Å². The molecular weight excluding hydrogens is 278 g/mol. The van der Waals surface area contributed by atoms with Gasteiger partial charge in [0, 0.05) is 12.0 Å². The molecule has 0 aliphatic heterocycles. The second-order valence-electron chi connectivity index (χ2n) is 4.18. The average molecular weight is 294 g/mol. The van der Waals surface area contributed by atoms with E-state index in [1.807, 2.05) is 0 Å². The molecule has 0 radical (unpaired) electrons. The second kappa shape index (κ2) is 5.02. The van der Waals surface area contributed by atoms with E-state index in [1.54, 1.807) is 0 Å². The molecule has 1 heterocycles. The molecule has 0 amide bonds. The van der Waals surface area contributed by atoms with Crippen molar-refractivity contribution in [2.75, 3.05) is 6.54 Å². The maximum Gasteiger partial charge on any atom is 0.110 e. The minimum absolute atomic E-state index is 0.603. The van der Waals surface area contributed by atoms with E-state index >= 15 is 0 Å². The number of nitrogens with two attached hydrogens (primary N) is 1. The highest BCUT2D eigenvalue weighted by Crippen LogP contribution is 2.27. The summed E-state index contributed by atoms with van der Waals surface area (Å²) in [5, 5.41) is 0. The molecule has 0 saturated carbocycles. The van der Waals surface area contributed by atoms with Gasteiger partial charge in [-0.2, -0.15) is 0 Å². The predicted molar refractivity (Wildman–Crippen MR) is 74.0 cm³/mol. The quantitative estimate of drug-likeness (QED) is 0.914. The largest absolute Gasteiger partial charge is 0.336 e. The maximum absolute atomic E-state index is 5.53. The van der Waals surface area contributed by atoms with Crippen molar-refractivity contribution in [2.24, 2.45) is 5.73 Å². The average Bonchev–Trinajstić information content (AvgIpc) is 2.64. The van der Waals surface area contributed by atoms with Crippen molar-refractivity contribution in [1.82, 2.24) is 9.97 Å². The summed E-state index contributed by atoms with van der Waals surface area (Å²) in [6.07, 6.45) is 0.767. The van der Waals surface area contributed by atoms with E-state index in [0.717, 1.165) is 28.1 Å². The summed E-state index contributed by atoms with van der Waals surface area (Å²) >= 11 is 3.51. The van der Waals surface area contributed by atoms with Crippen LogP contribution in [0.2, 0.25) is 0 Å². The van der Waals surface area contributed by atoms with Crippen LogP contribution in [-0.4, -0.2) is 16.5 Å². The fraction of sp³-hybridized carbons (Fsp3) is 0.308. The van der Waals surface area contributed by atoms with E-state index in [9.17, 15) is 0 Å². The molecule has 2 aromatic rings. The predicted octanol–water partition coefficient (Wildman–Crippen LogP) is 2.96. The zero-order valence-corrected chi connectivity index (χ0v) is 11.6. The van der Waals surface area contributed by atoms with Crippen molar-refractivity contribution in [3.63, 3.8) is 0 Å². The standard InChI is InChI=1S/C13H16BrN3/c1-8-3-4-10(7-9(8)2)12-13(14)17-11(16-12)5-6-15/h3-4,7H,5-6,15H2,1-2H3,(H,16,17). The van der Waals surface area contributed by atoms with Crippen molar-refractivity contribution in [1.29, 1.82) is 0 Å². The normalized spacial score (nSPS) is 10.8. The SMILES string of the molecule is Cc1ccc(-c2nc(CCN)[nH]c2Br)cc1C. The number of hydrogen-bond donors (Lipinski definition) is 2. The highest BCUT2D eigenvalue weighted by Gasteiger charge is 2.10. The van der Waals surface area contributed by atoms with E-state index in [1.165, 1.54) is 11.1 Å². The van der Waals surface area contributed by atoms with Gasteiger partial charge in [-0.3, -0.25) is 0 Å². The number of benzene rings is 1. The molecule has 2 rings (SSSR count). The Morgan fingerprint density at radius 1 is 1.29 bits per heavy atom. The van der Waals surface area contributed by atoms with Gasteiger partial charge in [0.1, 0.15) is 16.1 Å². The number of imidazole rings is 1. The molecule has 1 aromatic carbocycles. The van der Waals surface area contributed by atoms with Crippen LogP contribution in [0.15, 0.2) is 22.8 Å². The lowest BCUT2D eigenvalue weighted by Crippen LogP contribution is -2.03. The Balaban J connectivity index is 2.41. The van der Waals surface area contributed by atoms with Crippen LogP contribution in [0.25, 0.3) is 11.3 Å². The molecule has 3 N–H and O–H groups in total. The number of hydrogen-bond acceptors (Lipinski definition) is 2. The first-order chi connectivity index (χ1) is 8.11. The Bertz CT molecular complexity index is 531. The van der Waals surface area contributed by atoms with Gasteiger partial charge in [0.05, 0.1) is 0 Å². The van der Waals surface area contributed by atoms with E-state index in [0.29, 0.717) is 6.54 Å². The van der Waals surface area contributed by atoms with Crippen LogP contribution >= 0.6 is 15.9 Å². The summed E-state index contributed by atoms with van der Waals surface area (Å²) in [7, 11) is 0. The lowest BCUT2D eigenvalue weighted by molar-refractivity contribution is 0.893. The number of aromatic amines is 1. The van der Waals surface area contributed by atoms with Crippen LogP contribution in [-0.2, 0) is 6.42 Å². The number of halogens is 1. The van der Waals surface area contributed by atoms with Gasteiger partial charge in [-0.15, -0.1) is 0 Å². The first-order valence-corrected chi connectivity index (χ1v) is 6.43. The molecule has 3 nitrogen and oxygen atoms in total. The third-order valence-electron chi connectivity index (χ3n) is 2.87. The highest BCUT2D eigenvalue weighted by atomic mass is 79.9. The highest BCUT2D eigenvalue weighted by molar-refractivity contribution is 9.10. The minimum Gasteiger partial charge on any atom is -0.336 e. The first kappa shape index (κ1) is 12.3. The number of aryl methyl sites for hydroxylation is 2. The van der Waals surface area contributed by atoms with Crippen LogP contribution in [0.4, 0.5) is 0 Å². The number of nitrogens with zero attached hydrogens (tertiary/aromatic N) is 1. The summed E-state index contributed by atoms with van der Waals surface area (Å²) in [4.78, 5) is 7.76. The zero-order chi connectivity index (χ0) is 12.4. The molecule has 0 fully saturated rings. The van der Waals surface area contributed by atoms with E-state index in [-0.39, 0.29) is 0 Å². The lowest BCUT2D eigenvalue weighted by Gasteiger charge is -2.03. The van der Waals surface area contributed by atoms with Gasteiger partial charge in [-0.05, 0) is 53.5 Å². The van der Waals surface area contributed by atoms with Gasteiger partial charge >= 0.3 is 0 Å². The van der Waals surface area contributed by atoms with Crippen LogP contribution in [0.3, 0.4) is 0 Å². The Labute approximate surface area is 110 Å². The van der Waals surface area contributed by atoms with Crippen LogP contribution in [0, 0.1) is 13.8 Å². The monoisotopic (exact) mass is 293 g/mol. The smallest absolute Gasteiger partial charge is 0.110 e. The first-order valence-electron chi connectivity index (χ1n) is 5.64. The molecular formula is C13H16BrN3. The fourth-order valence-electron chi connectivity index (χ4n) is 1.73. The third-order valence-corrected chi connectivity index (χ3v) is 3.44. The van der Waals surface area contributed by atoms with Crippen molar-refractivity contribution in [3.8, 4) is 11.3 Å². The number of aromatic nitrogens is 2. The topological polar surface area (TPSA) is 54.7 Å². The van der Waals surface area contributed by atoms with Gasteiger partial charge in [0.2, 0.25) is 0 Å². The summed E-state index contributed by atoms with van der Waals surface area (Å²) in [6.45, 7) is 4.82. The molecule has 0 atom stereocenters. The van der Waals surface area contributed by atoms with Gasteiger partial charge < -0.3 is 10.7 Å². The van der Waals surface area contributed by atoms with E-state index in [2.05, 4.69) is 57.9 Å². The van der Waals surface area contributed by atoms with Crippen molar-refractivity contribution >= 4 is 15.9 Å². The summed E-state index contributed by atoms with van der Waals surface area (Å²) in [6, 6.07) is 6.37. The lowest BCUT2D eigenvalue weighted by atomic mass is 10.0. The minimum atomic E-state index is 0.603. The van der Waals surface area contributed by atoms with Crippen LogP contribution in [0.5, 0.6) is 0 Å². The molecule has 17 heavy (non-hydrogen) atoms. The van der Waals surface area contributed by atoms with Gasteiger partial charge in [0.25, 0.3) is 0 Å². The molecule has 0 unspecified atom stereocenters. The fourth-order valence-corrected chi connectivity index (χ4v) is 2.28. The second-order valence-corrected chi connectivity index (χ2v) is 4.98. The summed E-state index contributed by atoms with van der Waals surface area (Å²) < 4.78 is 0.921. The number of H-pyrrole nitrogens is 1. The molecule has 0 aliphatic carbocycles. The van der Waals surface area contributed by atoms with Gasteiger partial charge in [-0.1, -0.05) is 12.1 Å². The Kier molecular flexibility index (Phi) is 3.64. The Morgan fingerprint density at radius 2 is 2.06 bits per heavy atom. The molecule has 0 spiro atoms. The molecule has 90 valence electrons. The summed E-state index contributed by atoms with van der Waals surface area (Å²) in [5.74, 6) is 0.924. The number of rotatable bonds is 3. The van der Waals surface area contributed by atoms with Crippen molar-refractivity contribution < 1.29 is 0 Å². The van der Waals surface area contributed by atoms with Gasteiger partial charge in [0.15, 0.2) is 0 Å². The van der Waals surface area contributed by atoms with E-state index in [4.69, 9.17) is 5.73 Å².